The van der Waals surface area contributed by atoms with E-state index < -0.39 is 0 Å². The molecule has 0 spiro atoms. The van der Waals surface area contributed by atoms with Crippen LogP contribution in [0.25, 0.3) is 0 Å². The van der Waals surface area contributed by atoms with Gasteiger partial charge in [0.1, 0.15) is 0 Å². The molecule has 0 radical (unpaired) electrons. The van der Waals surface area contributed by atoms with Crippen LogP contribution in [-0.2, 0) is 0 Å². The molecule has 1 fully saturated rings. The standard InChI is InChI=1S/C10H20O/c1-3-6-9-7-5-8-10(9,11)4-2/h9,11H,3-8H2,1-2H3. The summed E-state index contributed by atoms with van der Waals surface area (Å²) < 4.78 is 0. The minimum Gasteiger partial charge on any atom is -0.390 e. The van der Waals surface area contributed by atoms with Gasteiger partial charge in [-0.25, -0.2) is 0 Å². The fraction of sp³-hybridized carbons (Fsp3) is 1.00. The Morgan fingerprint density at radius 2 is 2.18 bits per heavy atom. The average Bonchev–Trinajstić information content (AvgIpc) is 2.35. The molecule has 0 aliphatic heterocycles. The molecule has 0 amide bonds. The Kier molecular flexibility index (Phi) is 2.94. The Morgan fingerprint density at radius 1 is 1.45 bits per heavy atom. The highest BCUT2D eigenvalue weighted by atomic mass is 16.3. The molecule has 2 atom stereocenters. The highest BCUT2D eigenvalue weighted by Crippen LogP contribution is 2.40. The third kappa shape index (κ3) is 1.76. The zero-order valence-corrected chi connectivity index (χ0v) is 7.77. The van der Waals surface area contributed by atoms with Gasteiger partial charge < -0.3 is 5.11 Å². The van der Waals surface area contributed by atoms with Crippen molar-refractivity contribution in [2.45, 2.75) is 58.0 Å². The number of hydrogen-bond acceptors (Lipinski definition) is 1. The fourth-order valence-corrected chi connectivity index (χ4v) is 2.35. The Morgan fingerprint density at radius 3 is 2.73 bits per heavy atom. The topological polar surface area (TPSA) is 20.2 Å². The van der Waals surface area contributed by atoms with E-state index in [1.54, 1.807) is 0 Å². The van der Waals surface area contributed by atoms with Gasteiger partial charge in [-0.1, -0.05) is 26.7 Å². The van der Waals surface area contributed by atoms with E-state index in [0.717, 1.165) is 12.8 Å². The van der Waals surface area contributed by atoms with Gasteiger partial charge in [0.05, 0.1) is 5.60 Å². The van der Waals surface area contributed by atoms with Crippen molar-refractivity contribution in [1.82, 2.24) is 0 Å². The Labute approximate surface area is 69.8 Å². The van der Waals surface area contributed by atoms with Crippen LogP contribution >= 0.6 is 0 Å². The third-order valence-electron chi connectivity index (χ3n) is 3.17. The maximum atomic E-state index is 10.1. The lowest BCUT2D eigenvalue weighted by molar-refractivity contribution is -0.00439. The van der Waals surface area contributed by atoms with E-state index in [0.29, 0.717) is 5.92 Å². The van der Waals surface area contributed by atoms with Gasteiger partial charge in [0, 0.05) is 0 Å². The molecule has 1 heteroatoms. The molecule has 2 unspecified atom stereocenters. The lowest BCUT2D eigenvalue weighted by Crippen LogP contribution is -2.31. The van der Waals surface area contributed by atoms with Crippen molar-refractivity contribution >= 4 is 0 Å². The van der Waals surface area contributed by atoms with Crippen LogP contribution < -0.4 is 0 Å². The molecular formula is C10H20O. The van der Waals surface area contributed by atoms with Crippen LogP contribution in [0.3, 0.4) is 0 Å². The van der Waals surface area contributed by atoms with Gasteiger partial charge in [0.25, 0.3) is 0 Å². The first-order valence-electron chi connectivity index (χ1n) is 4.95. The normalized spacial score (nSPS) is 37.9. The number of hydrogen-bond donors (Lipinski definition) is 1. The van der Waals surface area contributed by atoms with E-state index in [1.165, 1.54) is 25.7 Å². The van der Waals surface area contributed by atoms with Crippen molar-refractivity contribution in [3.63, 3.8) is 0 Å². The molecule has 0 aromatic carbocycles. The summed E-state index contributed by atoms with van der Waals surface area (Å²) in [7, 11) is 0. The quantitative estimate of drug-likeness (QED) is 0.666. The second-order valence-corrected chi connectivity index (χ2v) is 3.83. The van der Waals surface area contributed by atoms with Crippen LogP contribution in [0.15, 0.2) is 0 Å². The number of aliphatic hydroxyl groups is 1. The van der Waals surface area contributed by atoms with Gasteiger partial charge in [-0.3, -0.25) is 0 Å². The van der Waals surface area contributed by atoms with Gasteiger partial charge in [-0.15, -0.1) is 0 Å². The average molecular weight is 156 g/mol. The molecule has 1 aliphatic carbocycles. The summed E-state index contributed by atoms with van der Waals surface area (Å²) in [4.78, 5) is 0. The Hall–Kier alpha value is -0.0400. The summed E-state index contributed by atoms with van der Waals surface area (Å²) >= 11 is 0. The zero-order chi connectivity index (χ0) is 8.32. The van der Waals surface area contributed by atoms with Gasteiger partial charge >= 0.3 is 0 Å². The molecule has 1 saturated carbocycles. The van der Waals surface area contributed by atoms with E-state index in [9.17, 15) is 5.11 Å². The van der Waals surface area contributed by atoms with Gasteiger partial charge in [0.2, 0.25) is 0 Å². The maximum Gasteiger partial charge on any atom is 0.0673 e. The lowest BCUT2D eigenvalue weighted by atomic mass is 9.85. The minimum atomic E-state index is -0.296. The summed E-state index contributed by atoms with van der Waals surface area (Å²) in [6.45, 7) is 4.31. The van der Waals surface area contributed by atoms with E-state index >= 15 is 0 Å². The van der Waals surface area contributed by atoms with E-state index in [4.69, 9.17) is 0 Å². The van der Waals surface area contributed by atoms with Crippen LogP contribution in [0, 0.1) is 5.92 Å². The maximum absolute atomic E-state index is 10.1. The van der Waals surface area contributed by atoms with Gasteiger partial charge in [0.15, 0.2) is 0 Å². The third-order valence-corrected chi connectivity index (χ3v) is 3.17. The minimum absolute atomic E-state index is 0.296. The first-order chi connectivity index (χ1) is 5.23. The van der Waals surface area contributed by atoms with Crippen LogP contribution in [0.1, 0.15) is 52.4 Å². The number of rotatable bonds is 3. The molecule has 1 rings (SSSR count). The van der Waals surface area contributed by atoms with E-state index in [-0.39, 0.29) is 5.60 Å². The molecular weight excluding hydrogens is 136 g/mol. The van der Waals surface area contributed by atoms with E-state index in [2.05, 4.69) is 13.8 Å². The summed E-state index contributed by atoms with van der Waals surface area (Å²) in [5, 5.41) is 10.1. The first kappa shape index (κ1) is 9.05. The molecule has 1 nitrogen and oxygen atoms in total. The highest BCUT2D eigenvalue weighted by molar-refractivity contribution is 4.90. The molecule has 1 aliphatic rings. The fourth-order valence-electron chi connectivity index (χ4n) is 2.35. The van der Waals surface area contributed by atoms with Crippen molar-refractivity contribution in [3.05, 3.63) is 0 Å². The summed E-state index contributed by atoms with van der Waals surface area (Å²) in [6, 6.07) is 0. The Bertz CT molecular complexity index is 122. The summed E-state index contributed by atoms with van der Waals surface area (Å²) in [6.07, 6.45) is 6.89. The van der Waals surface area contributed by atoms with Crippen molar-refractivity contribution in [2.24, 2.45) is 5.92 Å². The van der Waals surface area contributed by atoms with Crippen LogP contribution in [0.5, 0.6) is 0 Å². The van der Waals surface area contributed by atoms with Gasteiger partial charge in [-0.05, 0) is 31.6 Å². The molecule has 0 aromatic rings. The van der Waals surface area contributed by atoms with Crippen LogP contribution in [-0.4, -0.2) is 10.7 Å². The molecule has 1 N–H and O–H groups in total. The largest absolute Gasteiger partial charge is 0.390 e. The smallest absolute Gasteiger partial charge is 0.0673 e. The predicted octanol–water partition coefficient (Wildman–Crippen LogP) is 2.73. The van der Waals surface area contributed by atoms with Gasteiger partial charge in [-0.2, -0.15) is 0 Å². The summed E-state index contributed by atoms with van der Waals surface area (Å²) in [5.41, 5.74) is -0.296. The van der Waals surface area contributed by atoms with E-state index in [1.807, 2.05) is 0 Å². The molecule has 0 heterocycles. The van der Waals surface area contributed by atoms with Crippen molar-refractivity contribution in [1.29, 1.82) is 0 Å². The van der Waals surface area contributed by atoms with Crippen molar-refractivity contribution < 1.29 is 5.11 Å². The Balaban J connectivity index is 2.49. The van der Waals surface area contributed by atoms with Crippen molar-refractivity contribution in [3.8, 4) is 0 Å². The molecule has 0 aromatic heterocycles. The molecule has 66 valence electrons. The molecule has 0 saturated heterocycles. The SMILES string of the molecule is CCCC1CCCC1(O)CC. The first-order valence-corrected chi connectivity index (χ1v) is 4.95. The molecule has 11 heavy (non-hydrogen) atoms. The summed E-state index contributed by atoms with van der Waals surface area (Å²) in [5.74, 6) is 0.595. The highest BCUT2D eigenvalue weighted by Gasteiger charge is 2.38. The molecule has 0 bridgehead atoms. The van der Waals surface area contributed by atoms with Crippen LogP contribution in [0.2, 0.25) is 0 Å². The predicted molar refractivity (Wildman–Crippen MR) is 47.5 cm³/mol. The second-order valence-electron chi connectivity index (χ2n) is 3.83. The van der Waals surface area contributed by atoms with Crippen molar-refractivity contribution in [2.75, 3.05) is 0 Å². The monoisotopic (exact) mass is 156 g/mol. The zero-order valence-electron chi connectivity index (χ0n) is 7.77. The lowest BCUT2D eigenvalue weighted by Gasteiger charge is -2.28. The second kappa shape index (κ2) is 3.57. The van der Waals surface area contributed by atoms with Crippen LogP contribution in [0.4, 0.5) is 0 Å².